The number of nitrogens with zero attached hydrogens (tertiary/aromatic N) is 3. The summed E-state index contributed by atoms with van der Waals surface area (Å²) < 4.78 is 23.9. The van der Waals surface area contributed by atoms with Gasteiger partial charge < -0.3 is 4.90 Å². The van der Waals surface area contributed by atoms with Gasteiger partial charge in [0.15, 0.2) is 9.84 Å². The maximum Gasteiger partial charge on any atom is 0.253 e. The van der Waals surface area contributed by atoms with Gasteiger partial charge >= 0.3 is 0 Å². The van der Waals surface area contributed by atoms with Crippen LogP contribution >= 0.6 is 0 Å². The molecule has 0 aromatic heterocycles. The Morgan fingerprint density at radius 1 is 0.769 bits per heavy atom. The molecule has 4 rings (SSSR count). The van der Waals surface area contributed by atoms with E-state index in [2.05, 4.69) is 57.4 Å². The van der Waals surface area contributed by atoms with Crippen molar-refractivity contribution in [3.63, 3.8) is 0 Å². The van der Waals surface area contributed by atoms with Crippen molar-refractivity contribution in [3.05, 3.63) is 65.2 Å². The van der Waals surface area contributed by atoms with Gasteiger partial charge in [0.25, 0.3) is 5.91 Å². The highest BCUT2D eigenvalue weighted by atomic mass is 32.2. The normalized spacial score (nSPS) is 20.9. The molecule has 2 aliphatic heterocycles. The molecule has 1 amide bonds. The molecule has 2 aromatic rings. The van der Waals surface area contributed by atoms with Crippen molar-refractivity contribution in [1.82, 2.24) is 14.7 Å². The van der Waals surface area contributed by atoms with E-state index in [0.29, 0.717) is 10.9 Å². The molecule has 2 atom stereocenters. The van der Waals surface area contributed by atoms with Crippen molar-refractivity contribution in [3.8, 4) is 0 Å². The first-order valence-electron chi connectivity index (χ1n) is 14.2. The van der Waals surface area contributed by atoms with E-state index < -0.39 is 9.84 Å². The van der Waals surface area contributed by atoms with Gasteiger partial charge in [-0.05, 0) is 104 Å². The van der Waals surface area contributed by atoms with Gasteiger partial charge in [-0.25, -0.2) is 8.42 Å². The second kappa shape index (κ2) is 12.1. The fourth-order valence-corrected chi connectivity index (χ4v) is 7.06. The highest BCUT2D eigenvalue weighted by Gasteiger charge is 2.36. The number of likely N-dealkylation sites (tertiary alicyclic amines) is 2. The summed E-state index contributed by atoms with van der Waals surface area (Å²) in [5.41, 5.74) is 3.18. The van der Waals surface area contributed by atoms with Crippen molar-refractivity contribution in [2.75, 3.05) is 33.4 Å². The smallest absolute Gasteiger partial charge is 0.253 e. The molecule has 6 nitrogen and oxygen atoms in total. The zero-order valence-corrected chi connectivity index (χ0v) is 26.3. The van der Waals surface area contributed by atoms with Gasteiger partial charge in [0.2, 0.25) is 0 Å². The zero-order valence-electron chi connectivity index (χ0n) is 25.5. The Kier molecular flexibility index (Phi) is 9.72. The van der Waals surface area contributed by atoms with Gasteiger partial charge in [-0.2, -0.15) is 0 Å². The van der Waals surface area contributed by atoms with Crippen molar-refractivity contribution in [1.29, 1.82) is 0 Å². The first-order chi connectivity index (χ1) is 18.0. The summed E-state index contributed by atoms with van der Waals surface area (Å²) in [5.74, 6) is 0.0985. The van der Waals surface area contributed by atoms with Gasteiger partial charge in [0.1, 0.15) is 0 Å². The molecule has 216 valence electrons. The van der Waals surface area contributed by atoms with Crippen LogP contribution in [0.25, 0.3) is 0 Å². The fourth-order valence-electron chi connectivity index (χ4n) is 6.10. The number of carbonyl (C=O) groups is 1. The largest absolute Gasteiger partial charge is 0.345 e. The topological polar surface area (TPSA) is 60.9 Å². The Morgan fingerprint density at radius 2 is 1.21 bits per heavy atom. The van der Waals surface area contributed by atoms with Gasteiger partial charge in [-0.3, -0.25) is 14.6 Å². The summed E-state index contributed by atoms with van der Waals surface area (Å²) in [6.45, 7) is 15.5. The van der Waals surface area contributed by atoms with Crippen LogP contribution in [0.1, 0.15) is 101 Å². The van der Waals surface area contributed by atoms with E-state index in [4.69, 9.17) is 0 Å². The van der Waals surface area contributed by atoms with E-state index in [1.165, 1.54) is 18.2 Å². The number of sulfone groups is 1. The number of benzene rings is 2. The highest BCUT2D eigenvalue weighted by Crippen LogP contribution is 2.40. The SMILES string of the molecule is CC(C)(C)N1CCCC1c1ccccc1S(C)(=O)=O.CN(C)C(=O)c1ccccc1C1CCCN1C(C)(C)C. The molecular formula is C32H49N3O3S. The molecule has 0 N–H and O–H groups in total. The molecule has 0 radical (unpaired) electrons. The van der Waals surface area contributed by atoms with Crippen molar-refractivity contribution >= 4 is 15.7 Å². The standard InChI is InChI=1S/C17H26N2O.C15H23NO2S/c1-17(2,3)19-12-8-11-15(19)13-9-6-7-10-14(13)16(20)18(4)5;1-15(2,3)16-11-7-9-13(16)12-8-5-6-10-14(12)19(4,17)18/h6-7,9-10,15H,8,11-12H2,1-5H3;5-6,8,10,13H,7,9,11H2,1-4H3. The molecule has 2 saturated heterocycles. The van der Waals surface area contributed by atoms with Crippen molar-refractivity contribution < 1.29 is 13.2 Å². The van der Waals surface area contributed by atoms with Crippen LogP contribution in [0.2, 0.25) is 0 Å². The lowest BCUT2D eigenvalue weighted by Crippen LogP contribution is -2.41. The number of hydrogen-bond acceptors (Lipinski definition) is 5. The molecule has 7 heteroatoms. The summed E-state index contributed by atoms with van der Waals surface area (Å²) in [6, 6.07) is 16.1. The van der Waals surface area contributed by atoms with Crippen molar-refractivity contribution in [2.45, 2.75) is 95.3 Å². The molecule has 2 fully saturated rings. The Morgan fingerprint density at radius 3 is 1.67 bits per heavy atom. The summed E-state index contributed by atoms with van der Waals surface area (Å²) in [7, 11) is 0.463. The molecule has 2 heterocycles. The van der Waals surface area contributed by atoms with E-state index >= 15 is 0 Å². The molecular weight excluding hydrogens is 506 g/mol. The molecule has 2 aromatic carbocycles. The summed E-state index contributed by atoms with van der Waals surface area (Å²) >= 11 is 0. The molecule has 2 aliphatic rings. The molecule has 0 aliphatic carbocycles. The zero-order chi connectivity index (χ0) is 29.2. The first-order valence-corrected chi connectivity index (χ1v) is 16.1. The van der Waals surface area contributed by atoms with E-state index in [1.807, 2.05) is 44.4 Å². The third-order valence-corrected chi connectivity index (χ3v) is 9.03. The number of carbonyl (C=O) groups excluding carboxylic acids is 1. The maximum atomic E-state index is 12.4. The Hall–Kier alpha value is -2.22. The predicted octanol–water partition coefficient (Wildman–Crippen LogP) is 6.35. The maximum absolute atomic E-state index is 12.4. The number of amides is 1. The minimum atomic E-state index is -3.17. The molecule has 0 bridgehead atoms. The van der Waals surface area contributed by atoms with Crippen LogP contribution < -0.4 is 0 Å². The first kappa shape index (κ1) is 31.3. The fraction of sp³-hybridized carbons (Fsp3) is 0.594. The summed E-state index contributed by atoms with van der Waals surface area (Å²) in [5, 5.41) is 0. The number of rotatable bonds is 4. The van der Waals surface area contributed by atoms with Crippen LogP contribution in [-0.4, -0.2) is 73.5 Å². The van der Waals surface area contributed by atoms with E-state index in [1.54, 1.807) is 17.0 Å². The third kappa shape index (κ3) is 7.50. The Labute approximate surface area is 237 Å². The predicted molar refractivity (Wildman–Crippen MR) is 161 cm³/mol. The van der Waals surface area contributed by atoms with Crippen LogP contribution in [0, 0.1) is 0 Å². The monoisotopic (exact) mass is 555 g/mol. The molecule has 0 spiro atoms. The highest BCUT2D eigenvalue weighted by molar-refractivity contribution is 7.90. The summed E-state index contributed by atoms with van der Waals surface area (Å²) in [6.07, 6.45) is 5.79. The molecule has 39 heavy (non-hydrogen) atoms. The van der Waals surface area contributed by atoms with Crippen LogP contribution in [-0.2, 0) is 9.84 Å². The average molecular weight is 556 g/mol. The second-order valence-electron chi connectivity index (χ2n) is 13.1. The van der Waals surface area contributed by atoms with E-state index in [0.717, 1.165) is 43.5 Å². The Balaban J connectivity index is 0.000000216. The van der Waals surface area contributed by atoms with E-state index in [9.17, 15) is 13.2 Å². The lowest BCUT2D eigenvalue weighted by molar-refractivity contribution is 0.0817. The van der Waals surface area contributed by atoms with Crippen LogP contribution in [0.3, 0.4) is 0 Å². The van der Waals surface area contributed by atoms with E-state index in [-0.39, 0.29) is 23.0 Å². The lowest BCUT2D eigenvalue weighted by Gasteiger charge is -2.37. The molecule has 2 unspecified atom stereocenters. The minimum Gasteiger partial charge on any atom is -0.345 e. The van der Waals surface area contributed by atoms with Gasteiger partial charge in [-0.1, -0.05) is 36.4 Å². The average Bonchev–Trinajstić information content (AvgIpc) is 3.53. The van der Waals surface area contributed by atoms with Gasteiger partial charge in [-0.15, -0.1) is 0 Å². The minimum absolute atomic E-state index is 0.0613. The van der Waals surface area contributed by atoms with Crippen LogP contribution in [0.5, 0.6) is 0 Å². The van der Waals surface area contributed by atoms with Crippen LogP contribution in [0.4, 0.5) is 0 Å². The Bertz CT molecular complexity index is 1240. The second-order valence-corrected chi connectivity index (χ2v) is 15.1. The van der Waals surface area contributed by atoms with Crippen molar-refractivity contribution in [2.24, 2.45) is 0 Å². The quantitative estimate of drug-likeness (QED) is 0.440. The molecule has 0 saturated carbocycles. The number of hydrogen-bond donors (Lipinski definition) is 0. The lowest BCUT2D eigenvalue weighted by atomic mass is 9.95. The van der Waals surface area contributed by atoms with Gasteiger partial charge in [0.05, 0.1) is 4.90 Å². The summed E-state index contributed by atoms with van der Waals surface area (Å²) in [4.78, 5) is 19.5. The third-order valence-electron chi connectivity index (χ3n) is 7.86. The van der Waals surface area contributed by atoms with Crippen LogP contribution in [0.15, 0.2) is 53.4 Å². The van der Waals surface area contributed by atoms with Gasteiger partial charge in [0, 0.05) is 49.1 Å².